The number of hydrogen-bond acceptors (Lipinski definition) is 5. The van der Waals surface area contributed by atoms with Crippen molar-refractivity contribution in [2.45, 2.75) is 19.1 Å². The number of nitrogens with zero attached hydrogens (tertiary/aromatic N) is 1. The molecule has 1 aliphatic heterocycles. The number of amides is 1. The topological polar surface area (TPSA) is 101 Å². The summed E-state index contributed by atoms with van der Waals surface area (Å²) in [6.45, 7) is 0.0899. The van der Waals surface area contributed by atoms with E-state index in [9.17, 15) is 9.59 Å². The molecule has 0 unspecified atom stereocenters. The Kier molecular flexibility index (Phi) is 4.09. The lowest BCUT2D eigenvalue weighted by atomic mass is 10.0. The highest BCUT2D eigenvalue weighted by Crippen LogP contribution is 2.17. The summed E-state index contributed by atoms with van der Waals surface area (Å²) in [6, 6.07) is 12.3. The van der Waals surface area contributed by atoms with Crippen molar-refractivity contribution in [2.24, 2.45) is 5.16 Å². The average Bonchev–Trinajstić information content (AvgIpc) is 3.23. The van der Waals surface area contributed by atoms with Crippen LogP contribution in [0, 0.1) is 0 Å². The van der Waals surface area contributed by atoms with Gasteiger partial charge in [-0.15, -0.1) is 0 Å². The van der Waals surface area contributed by atoms with Crippen LogP contribution in [0.2, 0.25) is 0 Å². The number of benzene rings is 1. The summed E-state index contributed by atoms with van der Waals surface area (Å²) in [4.78, 5) is 27.9. The summed E-state index contributed by atoms with van der Waals surface area (Å²) < 4.78 is 5.06. The molecule has 118 valence electrons. The Bertz CT molecular complexity index is 751. The second kappa shape index (κ2) is 6.35. The first-order valence-electron chi connectivity index (χ1n) is 7.01. The number of rotatable bonds is 5. The van der Waals surface area contributed by atoms with Gasteiger partial charge in [0.2, 0.25) is 11.9 Å². The number of carboxylic acids is 1. The Morgan fingerprint density at radius 3 is 2.70 bits per heavy atom. The number of hydrogen-bond donors (Lipinski definition) is 2. The smallest absolute Gasteiger partial charge is 0.371 e. The van der Waals surface area contributed by atoms with E-state index in [0.717, 1.165) is 11.3 Å². The van der Waals surface area contributed by atoms with E-state index in [-0.39, 0.29) is 18.2 Å². The van der Waals surface area contributed by atoms with Crippen LogP contribution in [0.1, 0.15) is 28.3 Å². The number of aromatic carboxylic acids is 1. The van der Waals surface area contributed by atoms with Crippen molar-refractivity contribution in [3.63, 3.8) is 0 Å². The van der Waals surface area contributed by atoms with E-state index in [1.54, 1.807) is 0 Å². The Morgan fingerprint density at radius 1 is 1.22 bits per heavy atom. The number of furan rings is 1. The van der Waals surface area contributed by atoms with Crippen molar-refractivity contribution in [2.75, 3.05) is 0 Å². The zero-order chi connectivity index (χ0) is 16.2. The molecule has 7 heteroatoms. The lowest BCUT2D eigenvalue weighted by Gasteiger charge is -2.08. The van der Waals surface area contributed by atoms with E-state index in [4.69, 9.17) is 14.4 Å². The molecule has 1 aromatic carbocycles. The molecule has 3 rings (SSSR count). The first-order valence-corrected chi connectivity index (χ1v) is 7.01. The molecule has 2 N–H and O–H groups in total. The third kappa shape index (κ3) is 3.39. The lowest BCUT2D eigenvalue weighted by molar-refractivity contribution is -0.131. The molecule has 2 aromatic rings. The standard InChI is InChI=1S/C16H14N2O5/c19-15(17-9-11-6-7-13(22-11)16(20)21)14-8-12(18-23-14)10-4-2-1-3-5-10/h1-7,14H,8-9H2,(H,17,19)(H,20,21)/t14-/m1/s1. The van der Waals surface area contributed by atoms with Gasteiger partial charge in [-0.1, -0.05) is 35.5 Å². The van der Waals surface area contributed by atoms with Crippen molar-refractivity contribution < 1.29 is 24.0 Å². The maximum atomic E-state index is 12.1. The largest absolute Gasteiger partial charge is 0.475 e. The summed E-state index contributed by atoms with van der Waals surface area (Å²) in [5.74, 6) is -1.28. The molecule has 1 aromatic heterocycles. The van der Waals surface area contributed by atoms with Gasteiger partial charge in [0.15, 0.2) is 0 Å². The maximum absolute atomic E-state index is 12.1. The summed E-state index contributed by atoms with van der Waals surface area (Å²) in [6.07, 6.45) is -0.312. The van der Waals surface area contributed by atoms with Gasteiger partial charge in [0.25, 0.3) is 5.91 Å². The molecule has 0 radical (unpaired) electrons. The van der Waals surface area contributed by atoms with Gasteiger partial charge in [0, 0.05) is 6.42 Å². The van der Waals surface area contributed by atoms with Crippen LogP contribution in [0.15, 0.2) is 52.0 Å². The molecule has 0 saturated heterocycles. The molecule has 0 fully saturated rings. The Labute approximate surface area is 131 Å². The summed E-state index contributed by atoms with van der Waals surface area (Å²) in [5.41, 5.74) is 1.64. The minimum atomic E-state index is -1.15. The quantitative estimate of drug-likeness (QED) is 0.876. The third-order valence-corrected chi connectivity index (χ3v) is 3.38. The van der Waals surface area contributed by atoms with Crippen LogP contribution in [0.4, 0.5) is 0 Å². The lowest BCUT2D eigenvalue weighted by Crippen LogP contribution is -2.34. The molecular formula is C16H14N2O5. The van der Waals surface area contributed by atoms with Crippen molar-refractivity contribution in [3.05, 3.63) is 59.5 Å². The molecule has 1 aliphatic rings. The highest BCUT2D eigenvalue weighted by Gasteiger charge is 2.28. The van der Waals surface area contributed by atoms with Gasteiger partial charge < -0.3 is 19.7 Å². The Hall–Kier alpha value is -3.09. The fourth-order valence-electron chi connectivity index (χ4n) is 2.19. The highest BCUT2D eigenvalue weighted by atomic mass is 16.6. The van der Waals surface area contributed by atoms with E-state index in [1.807, 2.05) is 30.3 Å². The first kappa shape index (κ1) is 14.8. The van der Waals surface area contributed by atoms with Gasteiger partial charge in [-0.25, -0.2) is 4.79 Å². The molecule has 0 aliphatic carbocycles. The van der Waals surface area contributed by atoms with E-state index in [2.05, 4.69) is 10.5 Å². The van der Waals surface area contributed by atoms with Crippen LogP contribution in [-0.2, 0) is 16.2 Å². The molecule has 0 saturated carbocycles. The van der Waals surface area contributed by atoms with Crippen LogP contribution in [0.25, 0.3) is 0 Å². The van der Waals surface area contributed by atoms with Gasteiger partial charge in [-0.05, 0) is 17.7 Å². The second-order valence-electron chi connectivity index (χ2n) is 4.99. The summed E-state index contributed by atoms with van der Waals surface area (Å²) in [7, 11) is 0. The number of oxime groups is 1. The Balaban J connectivity index is 1.53. The van der Waals surface area contributed by atoms with Gasteiger partial charge in [-0.2, -0.15) is 0 Å². The summed E-state index contributed by atoms with van der Waals surface area (Å²) in [5, 5.41) is 15.4. The average molecular weight is 314 g/mol. The minimum Gasteiger partial charge on any atom is -0.475 e. The van der Waals surface area contributed by atoms with Gasteiger partial charge in [-0.3, -0.25) is 4.79 Å². The summed E-state index contributed by atoms with van der Waals surface area (Å²) >= 11 is 0. The van der Waals surface area contributed by atoms with Crippen LogP contribution < -0.4 is 5.32 Å². The fraction of sp³-hybridized carbons (Fsp3) is 0.188. The first-order chi connectivity index (χ1) is 11.1. The SMILES string of the molecule is O=C(O)c1ccc(CNC(=O)[C@H]2CC(c3ccccc3)=NO2)o1. The van der Waals surface area contributed by atoms with Gasteiger partial charge in [0.05, 0.1) is 12.3 Å². The predicted octanol–water partition coefficient (Wildman–Crippen LogP) is 1.79. The van der Waals surface area contributed by atoms with Crippen LogP contribution in [0.3, 0.4) is 0 Å². The second-order valence-corrected chi connectivity index (χ2v) is 4.99. The van der Waals surface area contributed by atoms with E-state index in [1.165, 1.54) is 12.1 Å². The molecule has 1 amide bonds. The van der Waals surface area contributed by atoms with E-state index >= 15 is 0 Å². The maximum Gasteiger partial charge on any atom is 0.371 e. The number of carboxylic acid groups (broad SMARTS) is 1. The monoisotopic (exact) mass is 314 g/mol. The van der Waals surface area contributed by atoms with E-state index < -0.39 is 12.1 Å². The van der Waals surface area contributed by atoms with Crippen molar-refractivity contribution >= 4 is 17.6 Å². The number of carbonyl (C=O) groups excluding carboxylic acids is 1. The number of carbonyl (C=O) groups is 2. The molecule has 23 heavy (non-hydrogen) atoms. The molecule has 1 atom stereocenters. The number of nitrogens with one attached hydrogen (secondary N) is 1. The Morgan fingerprint density at radius 2 is 2.00 bits per heavy atom. The normalized spacial score (nSPS) is 16.5. The van der Waals surface area contributed by atoms with E-state index in [0.29, 0.717) is 12.2 Å². The molecular weight excluding hydrogens is 300 g/mol. The van der Waals surface area contributed by atoms with Crippen LogP contribution in [0.5, 0.6) is 0 Å². The molecule has 0 bridgehead atoms. The van der Waals surface area contributed by atoms with Crippen LogP contribution in [-0.4, -0.2) is 28.8 Å². The van der Waals surface area contributed by atoms with Crippen molar-refractivity contribution in [3.8, 4) is 0 Å². The van der Waals surface area contributed by atoms with Crippen molar-refractivity contribution in [1.82, 2.24) is 5.32 Å². The minimum absolute atomic E-state index is 0.0899. The third-order valence-electron chi connectivity index (χ3n) is 3.38. The van der Waals surface area contributed by atoms with Gasteiger partial charge in [0.1, 0.15) is 5.76 Å². The van der Waals surface area contributed by atoms with Crippen LogP contribution >= 0.6 is 0 Å². The zero-order valence-corrected chi connectivity index (χ0v) is 12.1. The molecule has 7 nitrogen and oxygen atoms in total. The zero-order valence-electron chi connectivity index (χ0n) is 12.1. The van der Waals surface area contributed by atoms with Crippen molar-refractivity contribution in [1.29, 1.82) is 0 Å². The molecule has 0 spiro atoms. The molecule has 2 heterocycles. The fourth-order valence-corrected chi connectivity index (χ4v) is 2.19. The highest BCUT2D eigenvalue weighted by molar-refractivity contribution is 6.04. The van der Waals surface area contributed by atoms with Gasteiger partial charge >= 0.3 is 5.97 Å². The predicted molar refractivity (Wildman–Crippen MR) is 80.0 cm³/mol.